The number of hydrogen-bond acceptors (Lipinski definition) is 2. The van der Waals surface area contributed by atoms with Gasteiger partial charge in [-0.25, -0.2) is 0 Å². The average Bonchev–Trinajstić information content (AvgIpc) is 3.23. The van der Waals surface area contributed by atoms with E-state index in [0.29, 0.717) is 18.1 Å². The molecule has 0 aromatic heterocycles. The summed E-state index contributed by atoms with van der Waals surface area (Å²) in [7, 11) is 1.67. The number of fused-ring (bicyclic) bond motifs is 1. The molecule has 0 heterocycles. The molecule has 1 fully saturated rings. The van der Waals surface area contributed by atoms with Gasteiger partial charge >= 0.3 is 0 Å². The third kappa shape index (κ3) is 2.10. The maximum Gasteiger partial charge on any atom is 0.140 e. The molecule has 2 nitrogen and oxygen atoms in total. The molecule has 0 N–H and O–H groups in total. The third-order valence-corrected chi connectivity index (χ3v) is 3.58. The number of carbonyl (C=O) groups is 1. The van der Waals surface area contributed by atoms with E-state index in [2.05, 4.69) is 6.07 Å². The van der Waals surface area contributed by atoms with Crippen molar-refractivity contribution in [3.63, 3.8) is 0 Å². The van der Waals surface area contributed by atoms with Crippen LogP contribution in [0.15, 0.2) is 36.4 Å². The standard InChI is InChI=1S/C16H16O2/c1-18-14-8-7-11-3-2-4-13(15(11)10-14)9-16(17)12-5-6-12/h2-4,7-8,10,12H,5-6,9H2,1H3. The van der Waals surface area contributed by atoms with Crippen LogP contribution in [0.1, 0.15) is 18.4 Å². The molecule has 2 aromatic rings. The Labute approximate surface area is 107 Å². The lowest BCUT2D eigenvalue weighted by Gasteiger charge is -2.07. The van der Waals surface area contributed by atoms with Gasteiger partial charge in [0.05, 0.1) is 7.11 Å². The highest BCUT2D eigenvalue weighted by Gasteiger charge is 2.29. The highest BCUT2D eigenvalue weighted by atomic mass is 16.5. The number of Topliss-reactive ketones (excluding diaryl/α,β-unsaturated/α-hetero) is 1. The van der Waals surface area contributed by atoms with Crippen LogP contribution in [0.4, 0.5) is 0 Å². The second-order valence-electron chi connectivity index (χ2n) is 4.92. The van der Waals surface area contributed by atoms with Crippen molar-refractivity contribution in [2.24, 2.45) is 5.92 Å². The first-order valence-corrected chi connectivity index (χ1v) is 6.36. The molecule has 0 radical (unpaired) electrons. The van der Waals surface area contributed by atoms with Crippen LogP contribution in [0.25, 0.3) is 10.8 Å². The summed E-state index contributed by atoms with van der Waals surface area (Å²) in [5.74, 6) is 1.55. The van der Waals surface area contributed by atoms with Crippen molar-refractivity contribution < 1.29 is 9.53 Å². The molecular formula is C16H16O2. The first-order chi connectivity index (χ1) is 8.78. The lowest BCUT2D eigenvalue weighted by Crippen LogP contribution is -2.05. The molecule has 0 bridgehead atoms. The van der Waals surface area contributed by atoms with E-state index in [-0.39, 0.29) is 0 Å². The van der Waals surface area contributed by atoms with E-state index in [1.165, 1.54) is 0 Å². The molecular weight excluding hydrogens is 224 g/mol. The molecule has 0 atom stereocenters. The Balaban J connectivity index is 2.01. The zero-order valence-electron chi connectivity index (χ0n) is 10.5. The van der Waals surface area contributed by atoms with E-state index < -0.39 is 0 Å². The molecule has 0 aliphatic heterocycles. The zero-order valence-corrected chi connectivity index (χ0v) is 10.5. The predicted octanol–water partition coefficient (Wildman–Crippen LogP) is 3.37. The minimum absolute atomic E-state index is 0.325. The molecule has 2 heteroatoms. The van der Waals surface area contributed by atoms with E-state index >= 15 is 0 Å². The van der Waals surface area contributed by atoms with Crippen LogP contribution in [0.5, 0.6) is 5.75 Å². The summed E-state index contributed by atoms with van der Waals surface area (Å²) in [5.41, 5.74) is 1.11. The van der Waals surface area contributed by atoms with E-state index in [9.17, 15) is 4.79 Å². The Morgan fingerprint density at radius 1 is 1.28 bits per heavy atom. The molecule has 3 rings (SSSR count). The number of carbonyl (C=O) groups excluding carboxylic acids is 1. The quantitative estimate of drug-likeness (QED) is 0.819. The molecule has 1 aliphatic rings. The summed E-state index contributed by atoms with van der Waals surface area (Å²) in [6.07, 6.45) is 2.70. The molecule has 0 spiro atoms. The largest absolute Gasteiger partial charge is 0.497 e. The fourth-order valence-corrected chi connectivity index (χ4v) is 2.34. The van der Waals surface area contributed by atoms with Crippen LogP contribution < -0.4 is 4.74 Å². The van der Waals surface area contributed by atoms with Gasteiger partial charge in [-0.1, -0.05) is 24.3 Å². The van der Waals surface area contributed by atoms with Crippen molar-refractivity contribution >= 4 is 16.6 Å². The van der Waals surface area contributed by atoms with Gasteiger partial charge in [0.15, 0.2) is 0 Å². The normalized spacial score (nSPS) is 14.7. The summed E-state index contributed by atoms with van der Waals surface area (Å²) in [4.78, 5) is 11.9. The second-order valence-corrected chi connectivity index (χ2v) is 4.92. The SMILES string of the molecule is COc1ccc2cccc(CC(=O)C3CC3)c2c1. The minimum Gasteiger partial charge on any atom is -0.497 e. The number of methoxy groups -OCH3 is 1. The fourth-order valence-electron chi connectivity index (χ4n) is 2.34. The number of ketones is 1. The van der Waals surface area contributed by atoms with Gasteiger partial charge in [0.1, 0.15) is 11.5 Å². The first-order valence-electron chi connectivity index (χ1n) is 6.36. The topological polar surface area (TPSA) is 26.3 Å². The van der Waals surface area contributed by atoms with Gasteiger partial charge in [-0.05, 0) is 41.3 Å². The number of benzene rings is 2. The highest BCUT2D eigenvalue weighted by Crippen LogP contribution is 2.32. The van der Waals surface area contributed by atoms with Gasteiger partial charge in [0.25, 0.3) is 0 Å². The third-order valence-electron chi connectivity index (χ3n) is 3.58. The Morgan fingerprint density at radius 2 is 2.11 bits per heavy atom. The summed E-state index contributed by atoms with van der Waals surface area (Å²) < 4.78 is 5.26. The number of ether oxygens (including phenoxy) is 1. The van der Waals surface area contributed by atoms with Crippen molar-refractivity contribution in [3.8, 4) is 5.75 Å². The van der Waals surface area contributed by atoms with Crippen molar-refractivity contribution in [2.75, 3.05) is 7.11 Å². The van der Waals surface area contributed by atoms with Gasteiger partial charge in [-0.3, -0.25) is 4.79 Å². The lowest BCUT2D eigenvalue weighted by molar-refractivity contribution is -0.119. The molecule has 1 saturated carbocycles. The van der Waals surface area contributed by atoms with Gasteiger partial charge < -0.3 is 4.74 Å². The van der Waals surface area contributed by atoms with Gasteiger partial charge in [0, 0.05) is 12.3 Å². The molecule has 2 aromatic carbocycles. The van der Waals surface area contributed by atoms with Gasteiger partial charge in [0.2, 0.25) is 0 Å². The summed E-state index contributed by atoms with van der Waals surface area (Å²) in [6, 6.07) is 12.1. The molecule has 0 unspecified atom stereocenters. The molecule has 1 aliphatic carbocycles. The summed E-state index contributed by atoms with van der Waals surface area (Å²) in [5, 5.41) is 2.29. The van der Waals surface area contributed by atoms with Crippen molar-refractivity contribution in [1.82, 2.24) is 0 Å². The first kappa shape index (κ1) is 11.3. The Kier molecular flexibility index (Phi) is 2.78. The van der Waals surface area contributed by atoms with Crippen molar-refractivity contribution in [3.05, 3.63) is 42.0 Å². The fraction of sp³-hybridized carbons (Fsp3) is 0.312. The second kappa shape index (κ2) is 4.45. The summed E-state index contributed by atoms with van der Waals surface area (Å²) >= 11 is 0. The number of hydrogen-bond donors (Lipinski definition) is 0. The van der Waals surface area contributed by atoms with Crippen molar-refractivity contribution in [1.29, 1.82) is 0 Å². The highest BCUT2D eigenvalue weighted by molar-refractivity contribution is 5.93. The Bertz CT molecular complexity index is 597. The van der Waals surface area contributed by atoms with Crippen molar-refractivity contribution in [2.45, 2.75) is 19.3 Å². The molecule has 18 heavy (non-hydrogen) atoms. The van der Waals surface area contributed by atoms with Crippen LogP contribution in [0.3, 0.4) is 0 Å². The monoisotopic (exact) mass is 240 g/mol. The van der Waals surface area contributed by atoms with E-state index in [4.69, 9.17) is 4.74 Å². The molecule has 0 amide bonds. The Morgan fingerprint density at radius 3 is 2.83 bits per heavy atom. The Hall–Kier alpha value is -1.83. The molecule has 0 saturated heterocycles. The van der Waals surface area contributed by atoms with Gasteiger partial charge in [-0.15, -0.1) is 0 Å². The number of rotatable bonds is 4. The predicted molar refractivity (Wildman–Crippen MR) is 71.9 cm³/mol. The van der Waals surface area contributed by atoms with Crippen LogP contribution in [0.2, 0.25) is 0 Å². The zero-order chi connectivity index (χ0) is 12.5. The average molecular weight is 240 g/mol. The lowest BCUT2D eigenvalue weighted by atomic mass is 9.99. The summed E-state index contributed by atoms with van der Waals surface area (Å²) in [6.45, 7) is 0. The van der Waals surface area contributed by atoms with E-state index in [1.54, 1.807) is 7.11 Å². The van der Waals surface area contributed by atoms with E-state index in [0.717, 1.165) is 34.9 Å². The van der Waals surface area contributed by atoms with Crippen LogP contribution >= 0.6 is 0 Å². The van der Waals surface area contributed by atoms with Crippen LogP contribution in [-0.4, -0.2) is 12.9 Å². The molecule has 92 valence electrons. The maximum atomic E-state index is 11.9. The van der Waals surface area contributed by atoms with Crippen LogP contribution in [0, 0.1) is 5.92 Å². The van der Waals surface area contributed by atoms with Gasteiger partial charge in [-0.2, -0.15) is 0 Å². The maximum absolute atomic E-state index is 11.9. The smallest absolute Gasteiger partial charge is 0.140 e. The van der Waals surface area contributed by atoms with Crippen LogP contribution in [-0.2, 0) is 11.2 Å². The minimum atomic E-state index is 0.325. The van der Waals surface area contributed by atoms with E-state index in [1.807, 2.05) is 30.3 Å².